The Morgan fingerprint density at radius 3 is 2.30 bits per heavy atom. The van der Waals surface area contributed by atoms with Gasteiger partial charge in [0.15, 0.2) is 0 Å². The van der Waals surface area contributed by atoms with Crippen LogP contribution in [0.15, 0.2) is 41.7 Å². The molecule has 1 heterocycles. The van der Waals surface area contributed by atoms with Crippen molar-refractivity contribution in [2.45, 2.75) is 19.5 Å². The number of nitrogens with one attached hydrogen (secondary N) is 5. The van der Waals surface area contributed by atoms with Crippen LogP contribution in [0.4, 0.5) is 18.9 Å². The van der Waals surface area contributed by atoms with Crippen LogP contribution in [0.5, 0.6) is 0 Å². The van der Waals surface area contributed by atoms with Gasteiger partial charge < -0.3 is 20.9 Å². The maximum absolute atomic E-state index is 13.0. The average molecular weight is 422 g/mol. The summed E-state index contributed by atoms with van der Waals surface area (Å²) in [6.45, 7) is 2.35. The van der Waals surface area contributed by atoms with Gasteiger partial charge in [0.25, 0.3) is 0 Å². The summed E-state index contributed by atoms with van der Waals surface area (Å²) in [6, 6.07) is 5.99. The van der Waals surface area contributed by atoms with E-state index in [0.29, 0.717) is 30.8 Å². The molecule has 0 spiro atoms. The number of carbonyl (C=O) groups is 1. The molecule has 0 unspecified atom stereocenters. The standard InChI is InChI=1S/C20H25F3N6O/c1-12(30)29-9-8-17(27-3)16(11-29)19(25)28-14-6-4-13(5-7-14)15(10-26-2)18(24)20(21,22)23/h4-7,10,24,26-27H,8-9,11H2,1-3H3,(H2,25,28)/b15-10-,24-18?. The summed E-state index contributed by atoms with van der Waals surface area (Å²) in [4.78, 5) is 13.3. The Balaban J connectivity index is 2.21. The van der Waals surface area contributed by atoms with Crippen molar-refractivity contribution >= 4 is 28.7 Å². The Labute approximate surface area is 173 Å². The zero-order valence-corrected chi connectivity index (χ0v) is 17.0. The lowest BCUT2D eigenvalue weighted by molar-refractivity contribution is -0.128. The monoisotopic (exact) mass is 422 g/mol. The molecular weight excluding hydrogens is 397 g/mol. The third-order valence-electron chi connectivity index (χ3n) is 4.70. The van der Waals surface area contributed by atoms with Gasteiger partial charge in [0.1, 0.15) is 11.5 Å². The van der Waals surface area contributed by atoms with Crippen molar-refractivity contribution < 1.29 is 18.0 Å². The van der Waals surface area contributed by atoms with Crippen molar-refractivity contribution in [3.05, 3.63) is 47.3 Å². The second-order valence-electron chi connectivity index (χ2n) is 6.69. The highest BCUT2D eigenvalue weighted by atomic mass is 19.4. The lowest BCUT2D eigenvalue weighted by Crippen LogP contribution is -2.40. The van der Waals surface area contributed by atoms with E-state index in [1.807, 2.05) is 0 Å². The van der Waals surface area contributed by atoms with Gasteiger partial charge in [-0.3, -0.25) is 15.6 Å². The highest BCUT2D eigenvalue weighted by Crippen LogP contribution is 2.28. The van der Waals surface area contributed by atoms with Crippen molar-refractivity contribution in [2.24, 2.45) is 0 Å². The summed E-state index contributed by atoms with van der Waals surface area (Å²) in [5.74, 6) is 0.0304. The fourth-order valence-electron chi connectivity index (χ4n) is 3.09. The van der Waals surface area contributed by atoms with Crippen LogP contribution in [0, 0.1) is 10.8 Å². The predicted molar refractivity (Wildman–Crippen MR) is 112 cm³/mol. The van der Waals surface area contributed by atoms with Gasteiger partial charge in [-0.25, -0.2) is 0 Å². The predicted octanol–water partition coefficient (Wildman–Crippen LogP) is 2.94. The van der Waals surface area contributed by atoms with Crippen molar-refractivity contribution in [3.63, 3.8) is 0 Å². The van der Waals surface area contributed by atoms with Crippen LogP contribution in [-0.2, 0) is 4.79 Å². The smallest absolute Gasteiger partial charge is 0.393 e. The summed E-state index contributed by atoms with van der Waals surface area (Å²) in [5, 5.41) is 24.3. The summed E-state index contributed by atoms with van der Waals surface area (Å²) in [5.41, 5.74) is 0.516. The van der Waals surface area contributed by atoms with Crippen molar-refractivity contribution in [1.82, 2.24) is 15.5 Å². The number of hydrogen-bond donors (Lipinski definition) is 5. The number of hydrogen-bond acceptors (Lipinski definition) is 5. The van der Waals surface area contributed by atoms with Crippen LogP contribution in [0.3, 0.4) is 0 Å². The van der Waals surface area contributed by atoms with Gasteiger partial charge in [0, 0.05) is 62.7 Å². The first-order chi connectivity index (χ1) is 14.1. The average Bonchev–Trinajstić information content (AvgIpc) is 2.71. The minimum absolute atomic E-state index is 0.0734. The largest absolute Gasteiger partial charge is 0.433 e. The Morgan fingerprint density at radius 2 is 1.80 bits per heavy atom. The zero-order valence-electron chi connectivity index (χ0n) is 17.0. The fraction of sp³-hybridized carbons (Fsp3) is 0.350. The van der Waals surface area contributed by atoms with Crippen molar-refractivity contribution in [3.8, 4) is 0 Å². The van der Waals surface area contributed by atoms with Crippen LogP contribution >= 0.6 is 0 Å². The number of halogens is 3. The van der Waals surface area contributed by atoms with Crippen LogP contribution in [0.2, 0.25) is 0 Å². The summed E-state index contributed by atoms with van der Waals surface area (Å²) in [6.07, 6.45) is -3.03. The Bertz CT molecular complexity index is 887. The van der Waals surface area contributed by atoms with Gasteiger partial charge in [-0.05, 0) is 17.7 Å². The Morgan fingerprint density at radius 1 is 1.17 bits per heavy atom. The molecule has 0 saturated heterocycles. The number of allylic oxidation sites excluding steroid dienone is 1. The number of benzene rings is 1. The molecule has 1 aromatic rings. The lowest BCUT2D eigenvalue weighted by atomic mass is 10.0. The van der Waals surface area contributed by atoms with Crippen LogP contribution in [0.1, 0.15) is 18.9 Å². The molecule has 1 aliphatic rings. The molecule has 30 heavy (non-hydrogen) atoms. The second-order valence-corrected chi connectivity index (χ2v) is 6.69. The van der Waals surface area contributed by atoms with Gasteiger partial charge in [-0.2, -0.15) is 13.2 Å². The van der Waals surface area contributed by atoms with E-state index in [2.05, 4.69) is 16.0 Å². The van der Waals surface area contributed by atoms with E-state index in [0.717, 1.165) is 11.9 Å². The van der Waals surface area contributed by atoms with Gasteiger partial charge in [0.2, 0.25) is 5.91 Å². The third-order valence-corrected chi connectivity index (χ3v) is 4.70. The number of rotatable bonds is 6. The summed E-state index contributed by atoms with van der Waals surface area (Å²) < 4.78 is 38.9. The molecule has 0 aromatic heterocycles. The molecular formula is C20H25F3N6O. The van der Waals surface area contributed by atoms with Gasteiger partial charge >= 0.3 is 6.18 Å². The van der Waals surface area contributed by atoms with E-state index < -0.39 is 11.9 Å². The number of anilines is 1. The van der Waals surface area contributed by atoms with Gasteiger partial charge in [0.05, 0.1) is 6.54 Å². The first-order valence-electron chi connectivity index (χ1n) is 9.23. The quantitative estimate of drug-likeness (QED) is 0.359. The SMILES string of the molecule is CN/C=C(\C(=N)C(F)(F)F)c1ccc(NC(=N)C2=C(NC)CCN(C(C)=O)C2)cc1. The first-order valence-corrected chi connectivity index (χ1v) is 9.23. The topological polar surface area (TPSA) is 104 Å². The number of nitrogens with zero attached hydrogens (tertiary/aromatic N) is 1. The molecule has 1 amide bonds. The Kier molecular flexibility index (Phi) is 7.25. The van der Waals surface area contributed by atoms with E-state index in [9.17, 15) is 18.0 Å². The Hall–Kier alpha value is -3.30. The molecule has 10 heteroatoms. The molecule has 5 N–H and O–H groups in total. The molecule has 0 saturated carbocycles. The van der Waals surface area contributed by atoms with Crippen LogP contribution in [-0.4, -0.2) is 55.7 Å². The minimum Gasteiger partial charge on any atom is -0.393 e. The van der Waals surface area contributed by atoms with Crippen LogP contribution in [0.25, 0.3) is 5.57 Å². The first kappa shape index (κ1) is 23.0. The van der Waals surface area contributed by atoms with Crippen molar-refractivity contribution in [2.75, 3.05) is 32.5 Å². The molecule has 0 fully saturated rings. The molecule has 2 rings (SSSR count). The van der Waals surface area contributed by atoms with E-state index in [1.54, 1.807) is 24.1 Å². The fourth-order valence-corrected chi connectivity index (χ4v) is 3.09. The van der Waals surface area contributed by atoms with E-state index >= 15 is 0 Å². The van der Waals surface area contributed by atoms with Crippen molar-refractivity contribution in [1.29, 1.82) is 10.8 Å². The van der Waals surface area contributed by atoms with E-state index in [1.165, 1.54) is 26.1 Å². The molecule has 7 nitrogen and oxygen atoms in total. The number of alkyl halides is 3. The minimum atomic E-state index is -4.76. The molecule has 0 bridgehead atoms. The number of carbonyl (C=O) groups excluding carboxylic acids is 1. The molecule has 0 aliphatic carbocycles. The van der Waals surface area contributed by atoms with Gasteiger partial charge in [-0.1, -0.05) is 12.1 Å². The summed E-state index contributed by atoms with van der Waals surface area (Å²) >= 11 is 0. The molecule has 162 valence electrons. The highest BCUT2D eigenvalue weighted by molar-refractivity contribution is 6.24. The molecule has 1 aliphatic heterocycles. The van der Waals surface area contributed by atoms with Gasteiger partial charge in [-0.15, -0.1) is 0 Å². The van der Waals surface area contributed by atoms with Crippen LogP contribution < -0.4 is 16.0 Å². The normalized spacial score (nSPS) is 15.0. The maximum atomic E-state index is 13.0. The lowest BCUT2D eigenvalue weighted by Gasteiger charge is -2.30. The van der Waals surface area contributed by atoms with E-state index in [-0.39, 0.29) is 22.9 Å². The zero-order chi connectivity index (χ0) is 22.5. The molecule has 1 aromatic carbocycles. The summed E-state index contributed by atoms with van der Waals surface area (Å²) in [7, 11) is 3.22. The highest BCUT2D eigenvalue weighted by Gasteiger charge is 2.37. The molecule has 0 atom stereocenters. The molecule has 0 radical (unpaired) electrons. The number of amidine groups is 1. The van der Waals surface area contributed by atoms with E-state index in [4.69, 9.17) is 10.8 Å². The maximum Gasteiger partial charge on any atom is 0.433 e. The second kappa shape index (κ2) is 9.47. The third kappa shape index (κ3) is 5.40. The number of amides is 1.